The zero-order valence-electron chi connectivity index (χ0n) is 11.7. The van der Waals surface area contributed by atoms with E-state index in [-0.39, 0.29) is 11.5 Å². The van der Waals surface area contributed by atoms with E-state index in [0.29, 0.717) is 16.6 Å². The number of carbonyl (C=O) groups is 2. The number of benzene rings is 1. The van der Waals surface area contributed by atoms with Crippen molar-refractivity contribution in [3.63, 3.8) is 0 Å². The Morgan fingerprint density at radius 1 is 1.19 bits per heavy atom. The number of hydrogen-bond donors (Lipinski definition) is 3. The standard InChI is InChI=1S/C15H16N2O4/c1-8(2)13(15(20)21)14(19)17-11-5-3-4-10-9(11)6-7-12(18)16-10/h3-8,13H,1-2H3,(H,16,18)(H,17,19)(H,20,21). The Morgan fingerprint density at radius 2 is 1.90 bits per heavy atom. The molecule has 0 bridgehead atoms. The van der Waals surface area contributed by atoms with Crippen LogP contribution in [0.5, 0.6) is 0 Å². The van der Waals surface area contributed by atoms with Crippen molar-refractivity contribution in [1.29, 1.82) is 0 Å². The molecule has 21 heavy (non-hydrogen) atoms. The normalized spacial score (nSPS) is 12.3. The van der Waals surface area contributed by atoms with Crippen LogP contribution in [0.15, 0.2) is 35.1 Å². The molecule has 1 aromatic carbocycles. The minimum absolute atomic E-state index is 0.239. The minimum Gasteiger partial charge on any atom is -0.481 e. The average molecular weight is 288 g/mol. The van der Waals surface area contributed by atoms with Crippen molar-refractivity contribution in [2.24, 2.45) is 11.8 Å². The Bertz CT molecular complexity index is 749. The number of carboxylic acid groups (broad SMARTS) is 1. The first-order valence-corrected chi connectivity index (χ1v) is 6.56. The van der Waals surface area contributed by atoms with Gasteiger partial charge in [-0.3, -0.25) is 14.4 Å². The van der Waals surface area contributed by atoms with Crippen LogP contribution in [0.3, 0.4) is 0 Å². The van der Waals surface area contributed by atoms with E-state index in [2.05, 4.69) is 10.3 Å². The number of amides is 1. The third-order valence-electron chi connectivity index (χ3n) is 3.24. The van der Waals surface area contributed by atoms with Gasteiger partial charge < -0.3 is 15.4 Å². The Balaban J connectivity index is 2.37. The van der Waals surface area contributed by atoms with E-state index in [4.69, 9.17) is 5.11 Å². The van der Waals surface area contributed by atoms with Crippen LogP contribution in [0.2, 0.25) is 0 Å². The monoisotopic (exact) mass is 288 g/mol. The van der Waals surface area contributed by atoms with Gasteiger partial charge in [-0.05, 0) is 24.1 Å². The predicted molar refractivity (Wildman–Crippen MR) is 79.2 cm³/mol. The number of nitrogens with one attached hydrogen (secondary N) is 2. The van der Waals surface area contributed by atoms with Gasteiger partial charge >= 0.3 is 5.97 Å². The molecule has 0 radical (unpaired) electrons. The van der Waals surface area contributed by atoms with Gasteiger partial charge in [-0.15, -0.1) is 0 Å². The predicted octanol–water partition coefficient (Wildman–Crippen LogP) is 1.82. The number of hydrogen-bond acceptors (Lipinski definition) is 3. The first-order chi connectivity index (χ1) is 9.90. The summed E-state index contributed by atoms with van der Waals surface area (Å²) >= 11 is 0. The highest BCUT2D eigenvalue weighted by Gasteiger charge is 2.29. The summed E-state index contributed by atoms with van der Waals surface area (Å²) in [6.45, 7) is 3.36. The smallest absolute Gasteiger partial charge is 0.316 e. The van der Waals surface area contributed by atoms with E-state index < -0.39 is 17.8 Å². The highest BCUT2D eigenvalue weighted by Crippen LogP contribution is 2.22. The molecule has 3 N–H and O–H groups in total. The molecule has 1 amide bonds. The average Bonchev–Trinajstić information content (AvgIpc) is 2.37. The number of pyridine rings is 1. The van der Waals surface area contributed by atoms with Gasteiger partial charge in [0.15, 0.2) is 0 Å². The number of aromatic nitrogens is 1. The highest BCUT2D eigenvalue weighted by molar-refractivity contribution is 6.08. The van der Waals surface area contributed by atoms with Crippen molar-refractivity contribution in [3.8, 4) is 0 Å². The lowest BCUT2D eigenvalue weighted by atomic mass is 9.95. The summed E-state index contributed by atoms with van der Waals surface area (Å²) in [7, 11) is 0. The summed E-state index contributed by atoms with van der Waals surface area (Å²) in [4.78, 5) is 37.3. The van der Waals surface area contributed by atoms with Gasteiger partial charge in [-0.25, -0.2) is 0 Å². The lowest BCUT2D eigenvalue weighted by Crippen LogP contribution is -2.33. The Hall–Kier alpha value is -2.63. The molecule has 1 aromatic heterocycles. The van der Waals surface area contributed by atoms with Gasteiger partial charge in [0.2, 0.25) is 11.5 Å². The van der Waals surface area contributed by atoms with Crippen LogP contribution in [0.4, 0.5) is 5.69 Å². The largest absolute Gasteiger partial charge is 0.481 e. The third-order valence-corrected chi connectivity index (χ3v) is 3.24. The van der Waals surface area contributed by atoms with Crippen LogP contribution in [0.1, 0.15) is 13.8 Å². The molecule has 1 atom stereocenters. The number of aliphatic carboxylic acids is 1. The summed E-state index contributed by atoms with van der Waals surface area (Å²) in [5, 5.41) is 12.4. The second-order valence-corrected chi connectivity index (χ2v) is 5.14. The molecule has 0 saturated carbocycles. The molecule has 1 unspecified atom stereocenters. The summed E-state index contributed by atoms with van der Waals surface area (Å²) in [6.07, 6.45) is 0. The summed E-state index contributed by atoms with van der Waals surface area (Å²) in [6, 6.07) is 8.00. The van der Waals surface area contributed by atoms with Crippen LogP contribution in [-0.2, 0) is 9.59 Å². The molecule has 2 aromatic rings. The fourth-order valence-corrected chi connectivity index (χ4v) is 2.21. The van der Waals surface area contributed by atoms with E-state index in [1.807, 2.05) is 0 Å². The van der Waals surface area contributed by atoms with Crippen molar-refractivity contribution in [3.05, 3.63) is 40.7 Å². The zero-order valence-corrected chi connectivity index (χ0v) is 11.7. The van der Waals surface area contributed by atoms with E-state index >= 15 is 0 Å². The molecule has 0 aliphatic carbocycles. The molecule has 1 heterocycles. The molecule has 110 valence electrons. The van der Waals surface area contributed by atoms with Crippen molar-refractivity contribution in [1.82, 2.24) is 4.98 Å². The number of carbonyl (C=O) groups excluding carboxylic acids is 1. The van der Waals surface area contributed by atoms with Crippen LogP contribution >= 0.6 is 0 Å². The minimum atomic E-state index is -1.16. The van der Waals surface area contributed by atoms with E-state index in [1.54, 1.807) is 38.1 Å². The maximum atomic E-state index is 12.1. The first kappa shape index (κ1) is 14.8. The van der Waals surface area contributed by atoms with E-state index in [0.717, 1.165) is 0 Å². The van der Waals surface area contributed by atoms with Crippen molar-refractivity contribution < 1.29 is 14.7 Å². The van der Waals surface area contributed by atoms with Gasteiger partial charge in [-0.1, -0.05) is 19.9 Å². The highest BCUT2D eigenvalue weighted by atomic mass is 16.4. The number of carboxylic acids is 1. The molecule has 2 rings (SSSR count). The summed E-state index contributed by atoms with van der Waals surface area (Å²) < 4.78 is 0. The van der Waals surface area contributed by atoms with Gasteiger partial charge in [-0.2, -0.15) is 0 Å². The third kappa shape index (κ3) is 3.10. The summed E-state index contributed by atoms with van der Waals surface area (Å²) in [5.74, 6) is -3.17. The number of H-pyrrole nitrogens is 1. The maximum Gasteiger partial charge on any atom is 0.316 e. The fraction of sp³-hybridized carbons (Fsp3) is 0.267. The molecule has 6 heteroatoms. The van der Waals surface area contributed by atoms with E-state index in [9.17, 15) is 14.4 Å². The molecular formula is C15H16N2O4. The molecule has 0 aliphatic rings. The quantitative estimate of drug-likeness (QED) is 0.747. The topological polar surface area (TPSA) is 99.3 Å². The Morgan fingerprint density at radius 3 is 2.52 bits per heavy atom. The van der Waals surface area contributed by atoms with Crippen LogP contribution in [-0.4, -0.2) is 22.0 Å². The SMILES string of the molecule is CC(C)C(C(=O)O)C(=O)Nc1cccc2[nH]c(=O)ccc12. The van der Waals surface area contributed by atoms with Crippen molar-refractivity contribution >= 4 is 28.5 Å². The maximum absolute atomic E-state index is 12.1. The van der Waals surface area contributed by atoms with Crippen molar-refractivity contribution in [2.75, 3.05) is 5.32 Å². The van der Waals surface area contributed by atoms with E-state index in [1.165, 1.54) is 6.07 Å². The Kier molecular flexibility index (Phi) is 4.07. The molecule has 0 spiro atoms. The van der Waals surface area contributed by atoms with Crippen molar-refractivity contribution in [2.45, 2.75) is 13.8 Å². The lowest BCUT2D eigenvalue weighted by Gasteiger charge is -2.16. The van der Waals surface area contributed by atoms with Crippen LogP contribution in [0, 0.1) is 11.8 Å². The molecule has 0 fully saturated rings. The summed E-state index contributed by atoms with van der Waals surface area (Å²) in [5.41, 5.74) is 0.814. The van der Waals surface area contributed by atoms with Crippen LogP contribution in [0.25, 0.3) is 10.9 Å². The lowest BCUT2D eigenvalue weighted by molar-refractivity contribution is -0.147. The molecular weight excluding hydrogens is 272 g/mol. The van der Waals surface area contributed by atoms with Gasteiger partial charge in [0.25, 0.3) is 0 Å². The number of rotatable bonds is 4. The van der Waals surface area contributed by atoms with Gasteiger partial charge in [0.05, 0.1) is 11.2 Å². The second kappa shape index (κ2) is 5.78. The van der Waals surface area contributed by atoms with Gasteiger partial charge in [0, 0.05) is 11.5 Å². The second-order valence-electron chi connectivity index (χ2n) is 5.14. The first-order valence-electron chi connectivity index (χ1n) is 6.56. The van der Waals surface area contributed by atoms with Gasteiger partial charge in [0.1, 0.15) is 5.92 Å². The van der Waals surface area contributed by atoms with Crippen LogP contribution < -0.4 is 10.9 Å². The zero-order chi connectivity index (χ0) is 15.6. The Labute approximate surface area is 120 Å². The fourth-order valence-electron chi connectivity index (χ4n) is 2.21. The number of aromatic amines is 1. The molecule has 0 aliphatic heterocycles. The molecule has 6 nitrogen and oxygen atoms in total. The number of anilines is 1. The molecule has 0 saturated heterocycles. The number of fused-ring (bicyclic) bond motifs is 1.